The van der Waals surface area contributed by atoms with Crippen molar-refractivity contribution in [2.45, 2.75) is 34.6 Å². The van der Waals surface area contributed by atoms with Gasteiger partial charge in [-0.2, -0.15) is 5.10 Å². The summed E-state index contributed by atoms with van der Waals surface area (Å²) in [5, 5.41) is 10.1. The largest absolute Gasteiger partial charge is 0.323 e. The molecule has 2 N–H and O–H groups in total. The number of allylic oxidation sites excluding steroid dienone is 3. The van der Waals surface area contributed by atoms with E-state index in [-0.39, 0.29) is 5.41 Å². The first-order chi connectivity index (χ1) is 8.36. The van der Waals surface area contributed by atoms with Gasteiger partial charge < -0.3 is 5.32 Å². The van der Waals surface area contributed by atoms with Crippen molar-refractivity contribution in [1.29, 1.82) is 0 Å². The summed E-state index contributed by atoms with van der Waals surface area (Å²) in [4.78, 5) is 4.00. The molecule has 0 aliphatic carbocycles. The zero-order chi connectivity index (χ0) is 13.8. The summed E-state index contributed by atoms with van der Waals surface area (Å²) in [6.45, 7) is 14.1. The lowest BCUT2D eigenvalue weighted by Crippen LogP contribution is -2.09. The number of hydrogen-bond donors (Lipinski definition) is 2. The minimum Gasteiger partial charge on any atom is -0.323 e. The lowest BCUT2D eigenvalue weighted by molar-refractivity contribution is 0.515. The first-order valence-electron chi connectivity index (χ1n) is 6.01. The van der Waals surface area contributed by atoms with Gasteiger partial charge in [-0.15, -0.1) is 0 Å². The second kappa shape index (κ2) is 5.67. The van der Waals surface area contributed by atoms with Gasteiger partial charge >= 0.3 is 0 Å². The van der Waals surface area contributed by atoms with Crippen LogP contribution in [0.25, 0.3) is 0 Å². The number of aryl methyl sites for hydroxylation is 1. The van der Waals surface area contributed by atoms with Crippen LogP contribution in [0.15, 0.2) is 34.6 Å². The summed E-state index contributed by atoms with van der Waals surface area (Å²) in [5.74, 6) is 1.44. The molecule has 1 rings (SSSR count). The predicted molar refractivity (Wildman–Crippen MR) is 77.8 cm³/mol. The second-order valence-electron chi connectivity index (χ2n) is 5.24. The fourth-order valence-corrected chi connectivity index (χ4v) is 1.61. The molecule has 18 heavy (non-hydrogen) atoms. The molecule has 0 atom stereocenters. The molecule has 0 aliphatic heterocycles. The van der Waals surface area contributed by atoms with Crippen LogP contribution in [0.3, 0.4) is 0 Å². The number of H-pyrrole nitrogens is 1. The normalized spacial score (nSPS) is 13.6. The SMILES string of the molecule is C=N/C(=C\C(=C/C)C(C)(C)C)Nc1cc(C)[nH]n1. The highest BCUT2D eigenvalue weighted by atomic mass is 15.2. The molecule has 1 aromatic heterocycles. The Kier molecular flexibility index (Phi) is 4.48. The first-order valence-corrected chi connectivity index (χ1v) is 6.01. The van der Waals surface area contributed by atoms with Crippen molar-refractivity contribution in [1.82, 2.24) is 10.2 Å². The van der Waals surface area contributed by atoms with Crippen LogP contribution in [0.5, 0.6) is 0 Å². The molecule has 4 nitrogen and oxygen atoms in total. The van der Waals surface area contributed by atoms with E-state index < -0.39 is 0 Å². The predicted octanol–water partition coefficient (Wildman–Crippen LogP) is 3.66. The number of aromatic nitrogens is 2. The summed E-state index contributed by atoms with van der Waals surface area (Å²) in [6, 6.07) is 1.92. The summed E-state index contributed by atoms with van der Waals surface area (Å²) in [6.07, 6.45) is 4.08. The molecule has 0 saturated heterocycles. The van der Waals surface area contributed by atoms with E-state index in [1.165, 1.54) is 5.57 Å². The van der Waals surface area contributed by atoms with Gasteiger partial charge in [0.15, 0.2) is 5.82 Å². The van der Waals surface area contributed by atoms with E-state index in [0.29, 0.717) is 5.82 Å². The maximum absolute atomic E-state index is 4.11. The van der Waals surface area contributed by atoms with Crippen LogP contribution >= 0.6 is 0 Å². The van der Waals surface area contributed by atoms with Crippen LogP contribution in [0, 0.1) is 12.3 Å². The third-order valence-electron chi connectivity index (χ3n) is 2.60. The Morgan fingerprint density at radius 3 is 2.56 bits per heavy atom. The molecule has 0 spiro atoms. The van der Waals surface area contributed by atoms with E-state index in [9.17, 15) is 0 Å². The maximum Gasteiger partial charge on any atom is 0.153 e. The quantitative estimate of drug-likeness (QED) is 0.629. The Morgan fingerprint density at radius 2 is 2.17 bits per heavy atom. The number of nitrogens with zero attached hydrogens (tertiary/aromatic N) is 2. The first kappa shape index (κ1) is 14.2. The molecule has 98 valence electrons. The number of anilines is 1. The smallest absolute Gasteiger partial charge is 0.153 e. The lowest BCUT2D eigenvalue weighted by Gasteiger charge is -2.20. The van der Waals surface area contributed by atoms with Crippen molar-refractivity contribution >= 4 is 12.5 Å². The van der Waals surface area contributed by atoms with E-state index in [2.05, 4.69) is 54.1 Å². The van der Waals surface area contributed by atoms with E-state index in [0.717, 1.165) is 11.5 Å². The Labute approximate surface area is 109 Å². The molecule has 4 heteroatoms. The van der Waals surface area contributed by atoms with Gasteiger partial charge in [-0.05, 0) is 37.6 Å². The highest BCUT2D eigenvalue weighted by Crippen LogP contribution is 2.27. The van der Waals surface area contributed by atoms with Gasteiger partial charge in [-0.25, -0.2) is 4.99 Å². The van der Waals surface area contributed by atoms with Crippen LogP contribution in [0.2, 0.25) is 0 Å². The molecule has 0 unspecified atom stereocenters. The van der Waals surface area contributed by atoms with Crippen LogP contribution < -0.4 is 5.32 Å². The third-order valence-corrected chi connectivity index (χ3v) is 2.60. The van der Waals surface area contributed by atoms with Gasteiger partial charge in [-0.1, -0.05) is 26.8 Å². The fraction of sp³-hybridized carbons (Fsp3) is 0.429. The van der Waals surface area contributed by atoms with Crippen LogP contribution in [-0.4, -0.2) is 16.9 Å². The van der Waals surface area contributed by atoms with Gasteiger partial charge in [0.2, 0.25) is 0 Å². The fourth-order valence-electron chi connectivity index (χ4n) is 1.61. The van der Waals surface area contributed by atoms with E-state index in [1.54, 1.807) is 0 Å². The molecule has 0 fully saturated rings. The molecule has 0 saturated carbocycles. The molecule has 0 aliphatic rings. The van der Waals surface area contributed by atoms with Crippen molar-refractivity contribution in [2.24, 2.45) is 10.4 Å². The highest BCUT2D eigenvalue weighted by molar-refractivity contribution is 5.46. The Hall–Kier alpha value is -1.84. The molecular formula is C14H22N4. The minimum atomic E-state index is 0.0772. The molecule has 0 aromatic carbocycles. The molecule has 0 radical (unpaired) electrons. The average molecular weight is 246 g/mol. The van der Waals surface area contributed by atoms with E-state index in [1.807, 2.05) is 26.0 Å². The van der Waals surface area contributed by atoms with Crippen LogP contribution in [-0.2, 0) is 0 Å². The van der Waals surface area contributed by atoms with Gasteiger partial charge in [-0.3, -0.25) is 5.10 Å². The van der Waals surface area contributed by atoms with Crippen molar-refractivity contribution in [3.8, 4) is 0 Å². The van der Waals surface area contributed by atoms with Crippen molar-refractivity contribution < 1.29 is 0 Å². The Balaban J connectivity index is 2.93. The summed E-state index contributed by atoms with van der Waals surface area (Å²) in [7, 11) is 0. The molecule has 1 aromatic rings. The van der Waals surface area contributed by atoms with Crippen molar-refractivity contribution in [3.63, 3.8) is 0 Å². The molecule has 1 heterocycles. The number of hydrogen-bond acceptors (Lipinski definition) is 3. The van der Waals surface area contributed by atoms with Crippen molar-refractivity contribution in [3.05, 3.63) is 35.3 Å². The zero-order valence-corrected chi connectivity index (χ0v) is 11.8. The van der Waals surface area contributed by atoms with Gasteiger partial charge in [0, 0.05) is 11.8 Å². The maximum atomic E-state index is 4.11. The summed E-state index contributed by atoms with van der Waals surface area (Å²) >= 11 is 0. The number of rotatable bonds is 4. The second-order valence-corrected chi connectivity index (χ2v) is 5.24. The Bertz CT molecular complexity index is 472. The lowest BCUT2D eigenvalue weighted by atomic mass is 9.86. The standard InChI is InChI=1S/C14H22N4/c1-7-11(14(3,4)5)9-12(15-6)16-13-8-10(2)17-18-13/h7-9H,6H2,1-5H3,(H2,16,17,18)/b11-7+,12-9+. The van der Waals surface area contributed by atoms with E-state index >= 15 is 0 Å². The summed E-state index contributed by atoms with van der Waals surface area (Å²) in [5.41, 5.74) is 2.28. The van der Waals surface area contributed by atoms with Crippen molar-refractivity contribution in [2.75, 3.05) is 5.32 Å². The molecular weight excluding hydrogens is 224 g/mol. The van der Waals surface area contributed by atoms with Gasteiger partial charge in [0.05, 0.1) is 0 Å². The molecule has 0 bridgehead atoms. The highest BCUT2D eigenvalue weighted by Gasteiger charge is 2.15. The third kappa shape index (κ3) is 3.87. The zero-order valence-electron chi connectivity index (χ0n) is 11.8. The monoisotopic (exact) mass is 246 g/mol. The summed E-state index contributed by atoms with van der Waals surface area (Å²) < 4.78 is 0. The van der Waals surface area contributed by atoms with Gasteiger partial charge in [0.25, 0.3) is 0 Å². The Morgan fingerprint density at radius 1 is 1.50 bits per heavy atom. The average Bonchev–Trinajstić information content (AvgIpc) is 2.68. The number of nitrogens with one attached hydrogen (secondary N) is 2. The van der Waals surface area contributed by atoms with Crippen LogP contribution in [0.4, 0.5) is 5.82 Å². The topological polar surface area (TPSA) is 53.1 Å². The van der Waals surface area contributed by atoms with Gasteiger partial charge in [0.1, 0.15) is 5.82 Å². The number of aliphatic imine (C=N–C) groups is 1. The molecule has 0 amide bonds. The van der Waals surface area contributed by atoms with E-state index in [4.69, 9.17) is 0 Å². The van der Waals surface area contributed by atoms with Crippen LogP contribution in [0.1, 0.15) is 33.4 Å². The number of aromatic amines is 1. The minimum absolute atomic E-state index is 0.0772.